The molecule has 0 saturated carbocycles. The largest absolute Gasteiger partial charge is 0.377 e. The summed E-state index contributed by atoms with van der Waals surface area (Å²) in [5, 5.41) is 6.38. The van der Waals surface area contributed by atoms with Gasteiger partial charge in [-0.15, -0.1) is 35.3 Å². The molecule has 0 bridgehead atoms. The van der Waals surface area contributed by atoms with E-state index in [-0.39, 0.29) is 41.9 Å². The zero-order valence-corrected chi connectivity index (χ0v) is 20.8. The van der Waals surface area contributed by atoms with Crippen molar-refractivity contribution in [1.29, 1.82) is 0 Å². The number of aliphatic imine (C=N–C) groups is 1. The van der Waals surface area contributed by atoms with Crippen molar-refractivity contribution in [3.8, 4) is 0 Å². The predicted molar refractivity (Wildman–Crippen MR) is 128 cm³/mol. The van der Waals surface area contributed by atoms with E-state index < -0.39 is 10.0 Å². The van der Waals surface area contributed by atoms with Gasteiger partial charge < -0.3 is 15.4 Å². The van der Waals surface area contributed by atoms with Gasteiger partial charge in [0.25, 0.3) is 0 Å². The molecule has 0 amide bonds. The fourth-order valence-electron chi connectivity index (χ4n) is 2.94. The summed E-state index contributed by atoms with van der Waals surface area (Å²) in [6.07, 6.45) is 3.97. The molecule has 2 unspecified atom stereocenters. The Balaban J connectivity index is 0.00000392. The molecular formula is C18H33IN4O3S2. The van der Waals surface area contributed by atoms with Crippen LogP contribution in [-0.4, -0.2) is 59.0 Å². The molecule has 162 valence electrons. The van der Waals surface area contributed by atoms with Crippen LogP contribution < -0.4 is 15.4 Å². The number of rotatable bonds is 9. The highest BCUT2D eigenvalue weighted by Crippen LogP contribution is 2.16. The number of halogens is 1. The van der Waals surface area contributed by atoms with E-state index in [0.717, 1.165) is 32.3 Å². The lowest BCUT2D eigenvalue weighted by molar-refractivity contribution is 0.0200. The van der Waals surface area contributed by atoms with E-state index in [1.807, 2.05) is 0 Å². The second kappa shape index (κ2) is 13.0. The van der Waals surface area contributed by atoms with Crippen LogP contribution in [0, 0.1) is 6.92 Å². The summed E-state index contributed by atoms with van der Waals surface area (Å²) in [4.78, 5) is 6.80. The second-order valence-electron chi connectivity index (χ2n) is 6.92. The highest BCUT2D eigenvalue weighted by atomic mass is 127. The molecule has 0 aromatic carbocycles. The Hall–Kier alpha value is -0.430. The van der Waals surface area contributed by atoms with Gasteiger partial charge in [0.15, 0.2) is 5.96 Å². The summed E-state index contributed by atoms with van der Waals surface area (Å²) < 4.78 is 32.5. The van der Waals surface area contributed by atoms with E-state index in [4.69, 9.17) is 4.74 Å². The van der Waals surface area contributed by atoms with Gasteiger partial charge in [0.1, 0.15) is 0 Å². The monoisotopic (exact) mass is 544 g/mol. The van der Waals surface area contributed by atoms with Crippen LogP contribution in [0.2, 0.25) is 0 Å². The first-order chi connectivity index (χ1) is 12.9. The minimum absolute atomic E-state index is 0. The van der Waals surface area contributed by atoms with Crippen molar-refractivity contribution in [2.24, 2.45) is 4.99 Å². The van der Waals surface area contributed by atoms with Crippen molar-refractivity contribution in [2.45, 2.75) is 51.7 Å². The van der Waals surface area contributed by atoms with Crippen LogP contribution >= 0.6 is 35.3 Å². The smallest absolute Gasteiger partial charge is 0.213 e. The van der Waals surface area contributed by atoms with Crippen molar-refractivity contribution >= 4 is 51.3 Å². The minimum Gasteiger partial charge on any atom is -0.377 e. The van der Waals surface area contributed by atoms with E-state index in [1.165, 1.54) is 9.75 Å². The molecule has 0 radical (unpaired) electrons. The number of hydrogen-bond donors (Lipinski definition) is 3. The Morgan fingerprint density at radius 1 is 1.39 bits per heavy atom. The van der Waals surface area contributed by atoms with Gasteiger partial charge in [-0.05, 0) is 45.2 Å². The van der Waals surface area contributed by atoms with E-state index in [2.05, 4.69) is 46.3 Å². The van der Waals surface area contributed by atoms with Crippen molar-refractivity contribution in [3.63, 3.8) is 0 Å². The van der Waals surface area contributed by atoms with E-state index in [1.54, 1.807) is 18.4 Å². The lowest BCUT2D eigenvalue weighted by Crippen LogP contribution is -2.45. The maximum absolute atomic E-state index is 12.1. The molecule has 1 aromatic rings. The predicted octanol–water partition coefficient (Wildman–Crippen LogP) is 2.26. The Bertz CT molecular complexity index is 703. The number of ether oxygens (including phenoxy) is 1. The lowest BCUT2D eigenvalue weighted by atomic mass is 10.1. The van der Waals surface area contributed by atoms with Crippen LogP contribution in [0.25, 0.3) is 0 Å². The number of thiophene rings is 1. The number of aryl methyl sites for hydroxylation is 1. The molecule has 10 heteroatoms. The molecule has 2 atom stereocenters. The van der Waals surface area contributed by atoms with Crippen molar-refractivity contribution < 1.29 is 13.2 Å². The third-order valence-electron chi connectivity index (χ3n) is 4.38. The van der Waals surface area contributed by atoms with Gasteiger partial charge in [-0.3, -0.25) is 4.99 Å². The Morgan fingerprint density at radius 3 is 2.79 bits per heavy atom. The number of hydrogen-bond acceptors (Lipinski definition) is 5. The topological polar surface area (TPSA) is 91.8 Å². The molecule has 3 N–H and O–H groups in total. The van der Waals surface area contributed by atoms with Gasteiger partial charge in [-0.25, -0.2) is 13.1 Å². The zero-order chi connectivity index (χ0) is 19.7. The Kier molecular flexibility index (Phi) is 11.9. The highest BCUT2D eigenvalue weighted by Gasteiger charge is 2.17. The molecule has 1 aromatic heterocycles. The second-order valence-corrected chi connectivity index (χ2v) is 10.2. The van der Waals surface area contributed by atoms with Crippen LogP contribution in [0.5, 0.6) is 0 Å². The van der Waals surface area contributed by atoms with Crippen LogP contribution in [-0.2, 0) is 21.2 Å². The van der Waals surface area contributed by atoms with Crippen LogP contribution in [0.3, 0.4) is 0 Å². The minimum atomic E-state index is -3.33. The number of sulfonamides is 1. The quantitative estimate of drug-likeness (QED) is 0.252. The summed E-state index contributed by atoms with van der Waals surface area (Å²) in [6, 6.07) is 4.46. The van der Waals surface area contributed by atoms with E-state index >= 15 is 0 Å². The summed E-state index contributed by atoms with van der Waals surface area (Å²) >= 11 is 1.79. The number of nitrogens with zero attached hydrogens (tertiary/aromatic N) is 1. The van der Waals surface area contributed by atoms with Gasteiger partial charge in [0, 0.05) is 49.0 Å². The number of nitrogens with one attached hydrogen (secondary N) is 3. The maximum Gasteiger partial charge on any atom is 0.213 e. The summed E-state index contributed by atoms with van der Waals surface area (Å²) in [7, 11) is -1.65. The first kappa shape index (κ1) is 25.6. The fourth-order valence-corrected chi connectivity index (χ4v) is 4.91. The van der Waals surface area contributed by atoms with Crippen LogP contribution in [0.1, 0.15) is 35.9 Å². The molecule has 0 aliphatic carbocycles. The molecule has 0 spiro atoms. The molecule has 1 aliphatic rings. The SMILES string of the molecule is CN=C(NCCS(=O)(=O)NCC1CCCCO1)NC(C)Cc1ccc(C)s1.I. The van der Waals surface area contributed by atoms with E-state index in [9.17, 15) is 8.42 Å². The van der Waals surface area contributed by atoms with Gasteiger partial charge >= 0.3 is 0 Å². The molecule has 1 saturated heterocycles. The third-order valence-corrected chi connectivity index (χ3v) is 6.75. The van der Waals surface area contributed by atoms with Crippen molar-refractivity contribution in [2.75, 3.05) is 32.5 Å². The molecule has 1 fully saturated rings. The van der Waals surface area contributed by atoms with Crippen molar-refractivity contribution in [3.05, 3.63) is 21.9 Å². The Labute approximate surface area is 190 Å². The molecule has 2 rings (SSSR count). The molecule has 2 heterocycles. The average Bonchev–Trinajstić information content (AvgIpc) is 3.04. The van der Waals surface area contributed by atoms with Gasteiger partial charge in [0.05, 0.1) is 11.9 Å². The zero-order valence-electron chi connectivity index (χ0n) is 16.9. The Morgan fingerprint density at radius 2 is 2.18 bits per heavy atom. The molecule has 1 aliphatic heterocycles. The standard InChI is InChI=1S/C18H32N4O3S2.HI/c1-14(12-17-8-7-15(2)26-17)22-18(19-3)20-9-11-27(23,24)21-13-16-6-4-5-10-25-16;/h7-8,14,16,21H,4-6,9-13H2,1-3H3,(H2,19,20,22);1H. The molecule has 28 heavy (non-hydrogen) atoms. The molecule has 7 nitrogen and oxygen atoms in total. The van der Waals surface area contributed by atoms with E-state index in [0.29, 0.717) is 19.0 Å². The lowest BCUT2D eigenvalue weighted by Gasteiger charge is -2.22. The van der Waals surface area contributed by atoms with Crippen molar-refractivity contribution in [1.82, 2.24) is 15.4 Å². The average molecular weight is 545 g/mol. The van der Waals surface area contributed by atoms with Crippen LogP contribution in [0.4, 0.5) is 0 Å². The summed E-state index contributed by atoms with van der Waals surface area (Å²) in [5.74, 6) is 0.612. The van der Waals surface area contributed by atoms with Gasteiger partial charge in [-0.1, -0.05) is 0 Å². The summed E-state index contributed by atoms with van der Waals surface area (Å²) in [5.41, 5.74) is 0. The number of guanidine groups is 1. The third kappa shape index (κ3) is 9.86. The first-order valence-electron chi connectivity index (χ1n) is 9.49. The first-order valence-corrected chi connectivity index (χ1v) is 12.0. The molecular weight excluding hydrogens is 511 g/mol. The van der Waals surface area contributed by atoms with Crippen LogP contribution in [0.15, 0.2) is 17.1 Å². The maximum atomic E-state index is 12.1. The normalized spacial score (nSPS) is 19.0. The van der Waals surface area contributed by atoms with Gasteiger partial charge in [-0.2, -0.15) is 0 Å². The highest BCUT2D eigenvalue weighted by molar-refractivity contribution is 14.0. The fraction of sp³-hybridized carbons (Fsp3) is 0.722. The van der Waals surface area contributed by atoms with Gasteiger partial charge in [0.2, 0.25) is 10.0 Å². The summed E-state index contributed by atoms with van der Waals surface area (Å²) in [6.45, 7) is 5.56.